The fraction of sp³-hybridized carbons (Fsp3) is 0.875. The summed E-state index contributed by atoms with van der Waals surface area (Å²) in [6, 6.07) is 0. The number of aliphatic carboxylic acids is 1. The van der Waals surface area contributed by atoms with E-state index in [-0.39, 0.29) is 6.32 Å². The first-order valence-electron chi connectivity index (χ1n) is 4.97. The number of hydrogen-bond donors (Lipinski definition) is 4. The molecule has 1 saturated heterocycles. The van der Waals surface area contributed by atoms with E-state index in [0.717, 1.165) is 0 Å². The molecule has 1 rings (SSSR count). The molecule has 0 aromatic carbocycles. The zero-order valence-electron chi connectivity index (χ0n) is 8.43. The number of rotatable bonds is 5. The molecule has 0 amide bonds. The highest BCUT2D eigenvalue weighted by molar-refractivity contribution is 6.40. The van der Waals surface area contributed by atoms with Crippen LogP contribution in [0.5, 0.6) is 0 Å². The van der Waals surface area contributed by atoms with Crippen molar-refractivity contribution in [3.05, 3.63) is 0 Å². The maximum atomic E-state index is 10.9. The van der Waals surface area contributed by atoms with Crippen LogP contribution in [0.4, 0.5) is 0 Å². The molecule has 0 aromatic heterocycles. The lowest BCUT2D eigenvalue weighted by atomic mass is 9.81. The lowest BCUT2D eigenvalue weighted by Gasteiger charge is -2.24. The van der Waals surface area contributed by atoms with E-state index in [1.165, 1.54) is 0 Å². The molecule has 1 heterocycles. The SMILES string of the molecule is N[C@@]1(C(=O)O)CCO[C@H]1CCCB(O)O. The summed E-state index contributed by atoms with van der Waals surface area (Å²) in [4.78, 5) is 10.9. The smallest absolute Gasteiger partial charge is 0.451 e. The second-order valence-corrected chi connectivity index (χ2v) is 3.87. The predicted molar refractivity (Wildman–Crippen MR) is 53.1 cm³/mol. The van der Waals surface area contributed by atoms with Gasteiger partial charge in [-0.2, -0.15) is 0 Å². The first kappa shape index (κ1) is 12.4. The normalized spacial score (nSPS) is 30.5. The van der Waals surface area contributed by atoms with Crippen molar-refractivity contribution in [3.8, 4) is 0 Å². The van der Waals surface area contributed by atoms with Gasteiger partial charge in [0.05, 0.1) is 6.10 Å². The van der Waals surface area contributed by atoms with Crippen molar-refractivity contribution in [2.75, 3.05) is 6.61 Å². The molecule has 1 aliphatic rings. The highest BCUT2D eigenvalue weighted by atomic mass is 16.5. The Morgan fingerprint density at radius 3 is 2.80 bits per heavy atom. The van der Waals surface area contributed by atoms with E-state index in [2.05, 4.69) is 0 Å². The maximum Gasteiger partial charge on any atom is 0.451 e. The van der Waals surface area contributed by atoms with E-state index in [4.69, 9.17) is 25.6 Å². The van der Waals surface area contributed by atoms with Crippen LogP contribution in [0.2, 0.25) is 6.32 Å². The Morgan fingerprint density at radius 1 is 1.60 bits per heavy atom. The molecule has 0 aromatic rings. The molecule has 0 bridgehead atoms. The van der Waals surface area contributed by atoms with Gasteiger partial charge in [-0.05, 0) is 12.7 Å². The topological polar surface area (TPSA) is 113 Å². The van der Waals surface area contributed by atoms with Crippen molar-refractivity contribution in [1.29, 1.82) is 0 Å². The van der Waals surface area contributed by atoms with Gasteiger partial charge in [-0.25, -0.2) is 0 Å². The van der Waals surface area contributed by atoms with Crippen molar-refractivity contribution in [1.82, 2.24) is 0 Å². The highest BCUT2D eigenvalue weighted by Crippen LogP contribution is 2.27. The summed E-state index contributed by atoms with van der Waals surface area (Å²) in [6.07, 6.45) is 0.882. The lowest BCUT2D eigenvalue weighted by Crippen LogP contribution is -2.54. The van der Waals surface area contributed by atoms with Crippen molar-refractivity contribution in [2.45, 2.75) is 37.2 Å². The summed E-state index contributed by atoms with van der Waals surface area (Å²) in [6.45, 7) is 0.342. The second kappa shape index (κ2) is 4.93. The number of carboxylic acids is 1. The average molecular weight is 217 g/mol. The first-order valence-corrected chi connectivity index (χ1v) is 4.97. The van der Waals surface area contributed by atoms with E-state index in [0.29, 0.717) is 25.9 Å². The molecule has 5 N–H and O–H groups in total. The summed E-state index contributed by atoms with van der Waals surface area (Å²) in [5.41, 5.74) is 4.39. The third kappa shape index (κ3) is 2.91. The van der Waals surface area contributed by atoms with Crippen molar-refractivity contribution in [2.24, 2.45) is 5.73 Å². The molecule has 2 atom stereocenters. The fourth-order valence-corrected chi connectivity index (χ4v) is 1.75. The van der Waals surface area contributed by atoms with Crippen molar-refractivity contribution in [3.63, 3.8) is 0 Å². The lowest BCUT2D eigenvalue weighted by molar-refractivity contribution is -0.145. The largest absolute Gasteiger partial charge is 0.480 e. The third-order valence-corrected chi connectivity index (χ3v) is 2.74. The first-order chi connectivity index (χ1) is 6.97. The molecular weight excluding hydrogens is 201 g/mol. The number of hydrogen-bond acceptors (Lipinski definition) is 5. The number of ether oxygens (including phenoxy) is 1. The molecule has 86 valence electrons. The monoisotopic (exact) mass is 217 g/mol. The van der Waals surface area contributed by atoms with E-state index < -0.39 is 24.7 Å². The van der Waals surface area contributed by atoms with E-state index in [1.807, 2.05) is 0 Å². The summed E-state index contributed by atoms with van der Waals surface area (Å²) >= 11 is 0. The van der Waals surface area contributed by atoms with Crippen LogP contribution in [-0.2, 0) is 9.53 Å². The van der Waals surface area contributed by atoms with Gasteiger partial charge in [-0.15, -0.1) is 0 Å². The van der Waals surface area contributed by atoms with E-state index >= 15 is 0 Å². The van der Waals surface area contributed by atoms with Gasteiger partial charge in [0.15, 0.2) is 0 Å². The number of nitrogens with two attached hydrogens (primary N) is 1. The van der Waals surface area contributed by atoms with Crippen LogP contribution in [0.3, 0.4) is 0 Å². The standard InChI is InChI=1S/C8H16BNO5/c10-8(7(11)12)3-5-15-6(8)2-1-4-9(13)14/h6,13-14H,1-5,10H2,(H,11,12)/t6-,8-/m0/s1. The van der Waals surface area contributed by atoms with Crippen LogP contribution in [0.1, 0.15) is 19.3 Å². The third-order valence-electron chi connectivity index (χ3n) is 2.74. The van der Waals surface area contributed by atoms with Crippen LogP contribution >= 0.6 is 0 Å². The van der Waals surface area contributed by atoms with Gasteiger partial charge in [-0.3, -0.25) is 4.79 Å². The summed E-state index contributed by atoms with van der Waals surface area (Å²) in [7, 11) is -1.36. The number of carboxylic acid groups (broad SMARTS) is 1. The Bertz CT molecular complexity index is 237. The zero-order chi connectivity index (χ0) is 11.5. The van der Waals surface area contributed by atoms with Crippen LogP contribution in [-0.4, -0.2) is 46.5 Å². The van der Waals surface area contributed by atoms with Gasteiger partial charge >= 0.3 is 13.1 Å². The van der Waals surface area contributed by atoms with E-state index in [1.54, 1.807) is 0 Å². The van der Waals surface area contributed by atoms with Crippen LogP contribution in [0.25, 0.3) is 0 Å². The van der Waals surface area contributed by atoms with Gasteiger partial charge in [0, 0.05) is 13.0 Å². The Hall–Kier alpha value is -0.625. The van der Waals surface area contributed by atoms with Crippen LogP contribution in [0.15, 0.2) is 0 Å². The molecule has 15 heavy (non-hydrogen) atoms. The maximum absolute atomic E-state index is 10.9. The summed E-state index contributed by atoms with van der Waals surface area (Å²) < 4.78 is 5.24. The number of carbonyl (C=O) groups is 1. The van der Waals surface area contributed by atoms with Crippen molar-refractivity contribution < 1.29 is 24.7 Å². The molecule has 0 spiro atoms. The Balaban J connectivity index is 2.43. The Labute approximate surface area is 88.2 Å². The highest BCUT2D eigenvalue weighted by Gasteiger charge is 2.46. The summed E-state index contributed by atoms with van der Waals surface area (Å²) in [5.74, 6) is -1.06. The van der Waals surface area contributed by atoms with Gasteiger partial charge in [-0.1, -0.05) is 6.42 Å². The van der Waals surface area contributed by atoms with Gasteiger partial charge in [0.25, 0.3) is 0 Å². The zero-order valence-corrected chi connectivity index (χ0v) is 8.43. The van der Waals surface area contributed by atoms with Gasteiger partial charge in [0.2, 0.25) is 0 Å². The second-order valence-electron chi connectivity index (χ2n) is 3.87. The average Bonchev–Trinajstić information content (AvgIpc) is 2.49. The molecule has 0 saturated carbocycles. The molecular formula is C8H16BNO5. The Kier molecular flexibility index (Phi) is 4.09. The molecule has 0 aliphatic carbocycles. The van der Waals surface area contributed by atoms with Crippen LogP contribution < -0.4 is 5.73 Å². The van der Waals surface area contributed by atoms with E-state index in [9.17, 15) is 4.79 Å². The molecule has 7 heteroatoms. The molecule has 1 fully saturated rings. The quantitative estimate of drug-likeness (QED) is 0.430. The minimum atomic E-state index is -1.36. The molecule has 1 aliphatic heterocycles. The Morgan fingerprint density at radius 2 is 2.27 bits per heavy atom. The summed E-state index contributed by atoms with van der Waals surface area (Å²) in [5, 5.41) is 26.2. The minimum Gasteiger partial charge on any atom is -0.480 e. The molecule has 6 nitrogen and oxygen atoms in total. The van der Waals surface area contributed by atoms with Crippen LogP contribution in [0, 0.1) is 0 Å². The minimum absolute atomic E-state index is 0.204. The molecule has 0 radical (unpaired) electrons. The van der Waals surface area contributed by atoms with Gasteiger partial charge < -0.3 is 25.6 Å². The fourth-order valence-electron chi connectivity index (χ4n) is 1.75. The van der Waals surface area contributed by atoms with Crippen molar-refractivity contribution >= 4 is 13.1 Å². The van der Waals surface area contributed by atoms with Gasteiger partial charge in [0.1, 0.15) is 5.54 Å². The predicted octanol–water partition coefficient (Wildman–Crippen LogP) is -1.19. The molecule has 0 unspecified atom stereocenters.